The number of aromatic nitrogens is 2. The SMILES string of the molecule is CS(=O)CCCNc1nc(N)ncc1[N+](=O)[O-]. The quantitative estimate of drug-likeness (QED) is 0.423. The molecule has 17 heavy (non-hydrogen) atoms. The molecule has 0 aromatic carbocycles. The molecule has 9 heteroatoms. The van der Waals surface area contributed by atoms with Gasteiger partial charge in [-0.25, -0.2) is 4.98 Å². The smallest absolute Gasteiger partial charge is 0.329 e. The van der Waals surface area contributed by atoms with Crippen LogP contribution < -0.4 is 11.1 Å². The lowest BCUT2D eigenvalue weighted by molar-refractivity contribution is -0.384. The first-order chi connectivity index (χ1) is 8.00. The summed E-state index contributed by atoms with van der Waals surface area (Å²) in [5.74, 6) is 0.586. The van der Waals surface area contributed by atoms with Crippen LogP contribution in [0.1, 0.15) is 6.42 Å². The number of nitrogens with zero attached hydrogens (tertiary/aromatic N) is 3. The maximum absolute atomic E-state index is 10.8. The van der Waals surface area contributed by atoms with Crippen LogP contribution in [0.25, 0.3) is 0 Å². The molecule has 1 atom stereocenters. The van der Waals surface area contributed by atoms with E-state index in [9.17, 15) is 14.3 Å². The number of hydrogen-bond acceptors (Lipinski definition) is 7. The molecule has 1 aromatic rings. The second-order valence-electron chi connectivity index (χ2n) is 3.28. The maximum Gasteiger partial charge on any atom is 0.329 e. The summed E-state index contributed by atoms with van der Waals surface area (Å²) in [7, 11) is -0.873. The molecule has 0 bridgehead atoms. The molecule has 1 rings (SSSR count). The molecule has 0 aliphatic rings. The molecule has 0 saturated carbocycles. The number of hydrogen-bond donors (Lipinski definition) is 2. The predicted octanol–water partition coefficient (Wildman–Crippen LogP) is 0.148. The number of nitro groups is 1. The second-order valence-corrected chi connectivity index (χ2v) is 4.83. The van der Waals surface area contributed by atoms with E-state index >= 15 is 0 Å². The number of nitrogens with one attached hydrogen (secondary N) is 1. The van der Waals surface area contributed by atoms with Crippen LogP contribution in [-0.4, -0.2) is 37.7 Å². The van der Waals surface area contributed by atoms with Crippen LogP contribution in [0.5, 0.6) is 0 Å². The summed E-state index contributed by atoms with van der Waals surface area (Å²) < 4.78 is 10.8. The first kappa shape index (κ1) is 13.3. The average Bonchev–Trinajstić information content (AvgIpc) is 2.23. The minimum absolute atomic E-state index is 0.0304. The van der Waals surface area contributed by atoms with Gasteiger partial charge in [-0.3, -0.25) is 14.3 Å². The van der Waals surface area contributed by atoms with Gasteiger partial charge in [-0.1, -0.05) is 0 Å². The Morgan fingerprint density at radius 3 is 2.94 bits per heavy atom. The van der Waals surface area contributed by atoms with Crippen LogP contribution in [0.2, 0.25) is 0 Å². The van der Waals surface area contributed by atoms with Crippen LogP contribution in [0.3, 0.4) is 0 Å². The third-order valence-corrected chi connectivity index (χ3v) is 2.75. The molecular formula is C8H13N5O3S. The highest BCUT2D eigenvalue weighted by Crippen LogP contribution is 2.20. The van der Waals surface area contributed by atoms with Crippen LogP contribution >= 0.6 is 0 Å². The summed E-state index contributed by atoms with van der Waals surface area (Å²) in [4.78, 5) is 17.4. The molecule has 0 spiro atoms. The van der Waals surface area contributed by atoms with E-state index < -0.39 is 15.7 Å². The summed E-state index contributed by atoms with van der Waals surface area (Å²) in [5, 5.41) is 13.5. The fraction of sp³-hybridized carbons (Fsp3) is 0.500. The summed E-state index contributed by atoms with van der Waals surface area (Å²) in [5.41, 5.74) is 5.12. The van der Waals surface area contributed by atoms with Crippen molar-refractivity contribution in [2.45, 2.75) is 6.42 Å². The molecule has 94 valence electrons. The highest BCUT2D eigenvalue weighted by molar-refractivity contribution is 7.84. The van der Waals surface area contributed by atoms with Crippen molar-refractivity contribution in [2.75, 3.05) is 29.6 Å². The Bertz CT molecular complexity index is 439. The molecule has 0 aliphatic carbocycles. The Morgan fingerprint density at radius 2 is 2.35 bits per heavy atom. The highest BCUT2D eigenvalue weighted by atomic mass is 32.2. The summed E-state index contributed by atoms with van der Waals surface area (Å²) in [6.45, 7) is 0.441. The van der Waals surface area contributed by atoms with Gasteiger partial charge in [-0.2, -0.15) is 4.98 Å². The third kappa shape index (κ3) is 4.31. The van der Waals surface area contributed by atoms with Gasteiger partial charge in [-0.15, -0.1) is 0 Å². The van der Waals surface area contributed by atoms with Crippen molar-refractivity contribution in [3.8, 4) is 0 Å². The van der Waals surface area contributed by atoms with Gasteiger partial charge in [0.05, 0.1) is 4.92 Å². The molecule has 8 nitrogen and oxygen atoms in total. The van der Waals surface area contributed by atoms with Crippen LogP contribution in [0.4, 0.5) is 17.5 Å². The molecule has 0 aliphatic heterocycles. The summed E-state index contributed by atoms with van der Waals surface area (Å²) in [6.07, 6.45) is 3.29. The van der Waals surface area contributed by atoms with E-state index in [0.29, 0.717) is 18.7 Å². The normalized spacial score (nSPS) is 12.1. The van der Waals surface area contributed by atoms with E-state index in [1.165, 1.54) is 0 Å². The molecule has 0 amide bonds. The van der Waals surface area contributed by atoms with Gasteiger partial charge in [0.15, 0.2) is 0 Å². The van der Waals surface area contributed by atoms with Crippen molar-refractivity contribution >= 4 is 28.3 Å². The number of anilines is 2. The average molecular weight is 259 g/mol. The minimum atomic E-state index is -0.873. The van der Waals surface area contributed by atoms with Crippen molar-refractivity contribution in [3.05, 3.63) is 16.3 Å². The molecule has 1 aromatic heterocycles. The molecule has 0 radical (unpaired) electrons. The number of nitrogen functional groups attached to an aromatic ring is 1. The Hall–Kier alpha value is -1.77. The van der Waals surface area contributed by atoms with Crippen molar-refractivity contribution in [2.24, 2.45) is 0 Å². The predicted molar refractivity (Wildman–Crippen MR) is 65.1 cm³/mol. The zero-order valence-corrected chi connectivity index (χ0v) is 10.1. The third-order valence-electron chi connectivity index (χ3n) is 1.89. The van der Waals surface area contributed by atoms with E-state index in [4.69, 9.17) is 5.73 Å². The van der Waals surface area contributed by atoms with E-state index in [1.54, 1.807) is 6.26 Å². The zero-order valence-electron chi connectivity index (χ0n) is 9.25. The number of nitrogens with two attached hydrogens (primary N) is 1. The molecule has 1 unspecified atom stereocenters. The summed E-state index contributed by atoms with van der Waals surface area (Å²) >= 11 is 0. The molecule has 0 saturated heterocycles. The van der Waals surface area contributed by atoms with Crippen LogP contribution in [0.15, 0.2) is 6.20 Å². The molecule has 3 N–H and O–H groups in total. The first-order valence-corrected chi connectivity index (χ1v) is 6.54. The van der Waals surface area contributed by atoms with Gasteiger partial charge in [0.2, 0.25) is 11.8 Å². The fourth-order valence-electron chi connectivity index (χ4n) is 1.14. The molecule has 1 heterocycles. The van der Waals surface area contributed by atoms with Crippen molar-refractivity contribution in [1.82, 2.24) is 9.97 Å². The first-order valence-electron chi connectivity index (χ1n) is 4.81. The van der Waals surface area contributed by atoms with Crippen molar-refractivity contribution < 1.29 is 9.13 Å². The minimum Gasteiger partial charge on any atom is -0.368 e. The van der Waals surface area contributed by atoms with Gasteiger partial charge < -0.3 is 11.1 Å². The van der Waals surface area contributed by atoms with E-state index in [1.807, 2.05) is 0 Å². The largest absolute Gasteiger partial charge is 0.368 e. The Balaban J connectivity index is 2.65. The lowest BCUT2D eigenvalue weighted by atomic mass is 10.4. The van der Waals surface area contributed by atoms with E-state index in [-0.39, 0.29) is 17.5 Å². The van der Waals surface area contributed by atoms with Gasteiger partial charge >= 0.3 is 5.69 Å². The van der Waals surface area contributed by atoms with Crippen LogP contribution in [-0.2, 0) is 10.8 Å². The monoisotopic (exact) mass is 259 g/mol. The standard InChI is InChI=1S/C8H13N5O3S/c1-17(16)4-2-3-10-7-6(13(14)15)5-11-8(9)12-7/h5H,2-4H2,1H3,(H3,9,10,11,12). The lowest BCUT2D eigenvalue weighted by Gasteiger charge is -2.05. The number of rotatable bonds is 6. The second kappa shape index (κ2) is 6.09. The highest BCUT2D eigenvalue weighted by Gasteiger charge is 2.15. The van der Waals surface area contributed by atoms with Gasteiger partial charge in [0.1, 0.15) is 6.20 Å². The van der Waals surface area contributed by atoms with Crippen molar-refractivity contribution in [3.63, 3.8) is 0 Å². The van der Waals surface area contributed by atoms with E-state index in [0.717, 1.165) is 6.20 Å². The van der Waals surface area contributed by atoms with Crippen LogP contribution in [0, 0.1) is 10.1 Å². The molecular weight excluding hydrogens is 246 g/mol. The zero-order chi connectivity index (χ0) is 12.8. The van der Waals surface area contributed by atoms with E-state index in [2.05, 4.69) is 15.3 Å². The maximum atomic E-state index is 10.8. The van der Waals surface area contributed by atoms with Gasteiger partial charge in [-0.05, 0) is 6.42 Å². The molecule has 0 fully saturated rings. The topological polar surface area (TPSA) is 124 Å². The summed E-state index contributed by atoms with van der Waals surface area (Å²) in [6, 6.07) is 0. The Kier molecular flexibility index (Phi) is 4.76. The lowest BCUT2D eigenvalue weighted by Crippen LogP contribution is -2.10. The van der Waals surface area contributed by atoms with Gasteiger partial charge in [0.25, 0.3) is 0 Å². The Labute approximate surface area is 100 Å². The van der Waals surface area contributed by atoms with Crippen molar-refractivity contribution in [1.29, 1.82) is 0 Å². The fourth-order valence-corrected chi connectivity index (χ4v) is 1.69. The Morgan fingerprint density at radius 1 is 1.65 bits per heavy atom. The van der Waals surface area contributed by atoms with Gasteiger partial charge in [0, 0.05) is 29.4 Å².